The molecule has 3 rings (SSSR count). The van der Waals surface area contributed by atoms with Crippen molar-refractivity contribution >= 4 is 17.8 Å². The lowest BCUT2D eigenvalue weighted by Crippen LogP contribution is -2.64. The fourth-order valence-corrected chi connectivity index (χ4v) is 3.13. The first-order valence-electron chi connectivity index (χ1n) is 9.03. The van der Waals surface area contributed by atoms with Crippen LogP contribution in [0, 0.1) is 0 Å². The van der Waals surface area contributed by atoms with Crippen LogP contribution in [0.2, 0.25) is 0 Å². The summed E-state index contributed by atoms with van der Waals surface area (Å²) in [4.78, 5) is 37.5. The molecule has 7 nitrogen and oxygen atoms in total. The van der Waals surface area contributed by atoms with Gasteiger partial charge in [0, 0.05) is 5.57 Å². The van der Waals surface area contributed by atoms with Crippen molar-refractivity contribution in [3.63, 3.8) is 0 Å². The highest BCUT2D eigenvalue weighted by Crippen LogP contribution is 2.31. The number of hydrogen-bond donors (Lipinski definition) is 2. The smallest absolute Gasteiger partial charge is 0.339 e. The molecule has 1 heterocycles. The van der Waals surface area contributed by atoms with E-state index < -0.39 is 35.6 Å². The topological polar surface area (TPSA) is 102 Å². The predicted molar refractivity (Wildman–Crippen MR) is 104 cm³/mol. The van der Waals surface area contributed by atoms with Gasteiger partial charge in [0.25, 0.3) is 0 Å². The second-order valence-electron chi connectivity index (χ2n) is 6.73. The van der Waals surface area contributed by atoms with Gasteiger partial charge in [0.05, 0.1) is 5.56 Å². The number of aliphatic hydroxyl groups excluding tert-OH is 1. The fourth-order valence-electron chi connectivity index (χ4n) is 3.13. The largest absolute Gasteiger partial charge is 0.459 e. The van der Waals surface area contributed by atoms with Crippen LogP contribution >= 0.6 is 0 Å². The van der Waals surface area contributed by atoms with Gasteiger partial charge in [-0.15, -0.1) is 0 Å². The van der Waals surface area contributed by atoms with Crippen molar-refractivity contribution in [1.82, 2.24) is 5.32 Å². The Labute approximate surface area is 167 Å². The number of aliphatic hydroxyl groups is 1. The maximum Gasteiger partial charge on any atom is 0.339 e. The summed E-state index contributed by atoms with van der Waals surface area (Å²) in [5.41, 5.74) is -1.20. The summed E-state index contributed by atoms with van der Waals surface area (Å²) in [7, 11) is 0. The summed E-state index contributed by atoms with van der Waals surface area (Å²) in [6.07, 6.45) is -2.84. The molecule has 3 atom stereocenters. The minimum Gasteiger partial charge on any atom is -0.459 e. The molecule has 7 heteroatoms. The van der Waals surface area contributed by atoms with Crippen molar-refractivity contribution in [1.29, 1.82) is 0 Å². The van der Waals surface area contributed by atoms with Gasteiger partial charge in [0.15, 0.2) is 0 Å². The van der Waals surface area contributed by atoms with Crippen molar-refractivity contribution < 1.29 is 29.0 Å². The highest BCUT2D eigenvalue weighted by molar-refractivity contribution is 6.04. The molecule has 1 amide bonds. The fraction of sp³-hybridized carbons (Fsp3) is 0.227. The third-order valence-electron chi connectivity index (χ3n) is 4.86. The van der Waals surface area contributed by atoms with E-state index in [0.29, 0.717) is 0 Å². The number of esters is 2. The van der Waals surface area contributed by atoms with Gasteiger partial charge in [-0.05, 0) is 24.6 Å². The maximum atomic E-state index is 13.0. The quantitative estimate of drug-likeness (QED) is 0.571. The van der Waals surface area contributed by atoms with Gasteiger partial charge in [-0.3, -0.25) is 4.79 Å². The van der Waals surface area contributed by atoms with Crippen molar-refractivity contribution in [3.05, 3.63) is 83.9 Å². The first-order valence-corrected chi connectivity index (χ1v) is 9.03. The average Bonchev–Trinajstić information content (AvgIpc) is 2.98. The number of benzene rings is 2. The van der Waals surface area contributed by atoms with Crippen LogP contribution in [0.3, 0.4) is 0 Å². The van der Waals surface area contributed by atoms with E-state index in [0.717, 1.165) is 5.56 Å². The molecule has 150 valence electrons. The molecule has 0 aliphatic carbocycles. The van der Waals surface area contributed by atoms with Crippen LogP contribution in [-0.2, 0) is 25.7 Å². The van der Waals surface area contributed by atoms with E-state index in [1.807, 2.05) is 6.07 Å². The Hall–Kier alpha value is -3.45. The van der Waals surface area contributed by atoms with E-state index in [2.05, 4.69) is 11.9 Å². The van der Waals surface area contributed by atoms with Gasteiger partial charge >= 0.3 is 11.9 Å². The average molecular weight is 395 g/mol. The molecule has 0 spiro atoms. The molecule has 1 aliphatic heterocycles. The number of rotatable bonds is 6. The number of carbonyl (C=O) groups excluding carboxylic acids is 3. The number of amides is 1. The molecule has 2 N–H and O–H groups in total. The van der Waals surface area contributed by atoms with Gasteiger partial charge < -0.3 is 19.9 Å². The molecule has 1 fully saturated rings. The Kier molecular flexibility index (Phi) is 5.79. The monoisotopic (exact) mass is 395 g/mol. The summed E-state index contributed by atoms with van der Waals surface area (Å²) in [5.74, 6) is -2.33. The lowest BCUT2D eigenvalue weighted by Gasteiger charge is -2.34. The molecule has 0 unspecified atom stereocenters. The van der Waals surface area contributed by atoms with Crippen LogP contribution in [0.25, 0.3) is 0 Å². The van der Waals surface area contributed by atoms with Gasteiger partial charge in [0.1, 0.15) is 18.8 Å². The molecule has 0 bridgehead atoms. The molecule has 0 saturated carbocycles. The van der Waals surface area contributed by atoms with Crippen molar-refractivity contribution in [2.45, 2.75) is 31.3 Å². The van der Waals surface area contributed by atoms with Crippen molar-refractivity contribution in [2.75, 3.05) is 0 Å². The molecule has 1 aliphatic rings. The Morgan fingerprint density at radius 3 is 2.28 bits per heavy atom. The SMILES string of the molecule is C=C1C(=O)N[C@@](C(=O)OCc2ccccc2)([C@@H](C)OC(=O)c2ccccc2)[C@@H]1O. The molecule has 2 aromatic rings. The normalized spacial score (nSPS) is 21.9. The number of nitrogens with one attached hydrogen (secondary N) is 1. The number of ether oxygens (including phenoxy) is 2. The number of carbonyl (C=O) groups is 3. The van der Waals surface area contributed by atoms with Crippen LogP contribution in [0.5, 0.6) is 0 Å². The minimum absolute atomic E-state index is 0.0736. The van der Waals surface area contributed by atoms with Gasteiger partial charge in [-0.25, -0.2) is 9.59 Å². The van der Waals surface area contributed by atoms with Crippen LogP contribution in [0.4, 0.5) is 0 Å². The van der Waals surface area contributed by atoms with Crippen LogP contribution in [0.1, 0.15) is 22.8 Å². The van der Waals surface area contributed by atoms with E-state index in [-0.39, 0.29) is 17.7 Å². The van der Waals surface area contributed by atoms with Gasteiger partial charge in [-0.2, -0.15) is 0 Å². The van der Waals surface area contributed by atoms with E-state index >= 15 is 0 Å². The molecule has 0 radical (unpaired) electrons. The van der Waals surface area contributed by atoms with Crippen LogP contribution in [0.15, 0.2) is 72.8 Å². The molecule has 2 aromatic carbocycles. The second kappa shape index (κ2) is 8.28. The number of hydrogen-bond acceptors (Lipinski definition) is 6. The van der Waals surface area contributed by atoms with E-state index in [1.165, 1.54) is 6.92 Å². The highest BCUT2D eigenvalue weighted by atomic mass is 16.6. The van der Waals surface area contributed by atoms with E-state index in [4.69, 9.17) is 9.47 Å². The molecule has 1 saturated heterocycles. The van der Waals surface area contributed by atoms with Crippen LogP contribution < -0.4 is 5.32 Å². The third-order valence-corrected chi connectivity index (χ3v) is 4.86. The molecular formula is C22H21NO6. The second-order valence-corrected chi connectivity index (χ2v) is 6.73. The molecule has 0 aromatic heterocycles. The first-order chi connectivity index (χ1) is 13.9. The zero-order chi connectivity index (χ0) is 21.0. The lowest BCUT2D eigenvalue weighted by molar-refractivity contribution is -0.163. The summed E-state index contributed by atoms with van der Waals surface area (Å²) in [6.45, 7) is 4.86. The summed E-state index contributed by atoms with van der Waals surface area (Å²) in [6, 6.07) is 17.1. The Morgan fingerprint density at radius 1 is 1.14 bits per heavy atom. The summed E-state index contributed by atoms with van der Waals surface area (Å²) >= 11 is 0. The van der Waals surface area contributed by atoms with Gasteiger partial charge in [-0.1, -0.05) is 55.1 Å². The zero-order valence-electron chi connectivity index (χ0n) is 15.8. The lowest BCUT2D eigenvalue weighted by atomic mass is 9.87. The Bertz CT molecular complexity index is 927. The molecule has 29 heavy (non-hydrogen) atoms. The molecular weight excluding hydrogens is 374 g/mol. The standard InChI is InChI=1S/C22H21NO6/c1-14-18(24)22(23-19(14)25,21(27)28-13-16-9-5-3-6-10-16)15(2)29-20(26)17-11-7-4-8-12-17/h3-12,15,18,24H,1,13H2,2H3,(H,23,25)/t15-,18-,22+/m1/s1. The van der Waals surface area contributed by atoms with Gasteiger partial charge in [0.2, 0.25) is 11.4 Å². The predicted octanol–water partition coefficient (Wildman–Crippen LogP) is 1.76. The highest BCUT2D eigenvalue weighted by Gasteiger charge is 2.60. The maximum absolute atomic E-state index is 13.0. The van der Waals surface area contributed by atoms with E-state index in [1.54, 1.807) is 54.6 Å². The summed E-state index contributed by atoms with van der Waals surface area (Å²) in [5, 5.41) is 13.0. The van der Waals surface area contributed by atoms with Crippen molar-refractivity contribution in [2.24, 2.45) is 0 Å². The first kappa shape index (κ1) is 20.3. The van der Waals surface area contributed by atoms with E-state index in [9.17, 15) is 19.5 Å². The summed E-state index contributed by atoms with van der Waals surface area (Å²) < 4.78 is 10.8. The zero-order valence-corrected chi connectivity index (χ0v) is 15.8. The Morgan fingerprint density at radius 2 is 1.72 bits per heavy atom. The minimum atomic E-state index is -1.99. The Balaban J connectivity index is 1.83. The van der Waals surface area contributed by atoms with Crippen molar-refractivity contribution in [3.8, 4) is 0 Å². The third kappa shape index (κ3) is 3.90. The van der Waals surface area contributed by atoms with Crippen LogP contribution in [-0.4, -0.2) is 40.7 Å².